The second kappa shape index (κ2) is 9.91. The van der Waals surface area contributed by atoms with Gasteiger partial charge in [0, 0.05) is 18.2 Å². The van der Waals surface area contributed by atoms with Crippen molar-refractivity contribution in [2.24, 2.45) is 10.9 Å². The number of hydrogen-bond donors (Lipinski definition) is 1. The van der Waals surface area contributed by atoms with Crippen LogP contribution < -0.4 is 5.32 Å². The number of Topliss-reactive ketones (excluding diaryl/α,β-unsaturated/α-hetero) is 1. The van der Waals surface area contributed by atoms with Crippen molar-refractivity contribution in [2.45, 2.75) is 57.3 Å². The molecule has 1 aromatic carbocycles. The van der Waals surface area contributed by atoms with Crippen LogP contribution in [0.5, 0.6) is 0 Å². The van der Waals surface area contributed by atoms with Crippen molar-refractivity contribution in [3.8, 4) is 11.6 Å². The maximum Gasteiger partial charge on any atom is 0.417 e. The average molecular weight is 534 g/mol. The molecule has 0 amide bonds. The van der Waals surface area contributed by atoms with E-state index in [1.165, 1.54) is 0 Å². The average Bonchev–Trinajstić information content (AvgIpc) is 3.61. The molecule has 1 fully saturated rings. The Morgan fingerprint density at radius 2 is 2.00 bits per heavy atom. The van der Waals surface area contributed by atoms with E-state index in [1.54, 1.807) is 0 Å². The minimum absolute atomic E-state index is 0.00513. The summed E-state index contributed by atoms with van der Waals surface area (Å²) in [7, 11) is 0. The number of pyridine rings is 1. The minimum Gasteiger partial charge on any atom is -0.402 e. The van der Waals surface area contributed by atoms with Crippen LogP contribution in [0.15, 0.2) is 69.7 Å². The summed E-state index contributed by atoms with van der Waals surface area (Å²) < 4.78 is 46.0. The second-order valence-electron chi connectivity index (χ2n) is 10.0. The zero-order valence-corrected chi connectivity index (χ0v) is 21.2. The zero-order valence-electron chi connectivity index (χ0n) is 21.2. The number of fused-ring (bicyclic) bond motifs is 1. The Labute approximate surface area is 223 Å². The molecule has 1 saturated carbocycles. The van der Waals surface area contributed by atoms with Crippen molar-refractivity contribution in [2.75, 3.05) is 5.32 Å². The van der Waals surface area contributed by atoms with Crippen LogP contribution in [0, 0.1) is 5.92 Å². The van der Waals surface area contributed by atoms with Gasteiger partial charge in [0.2, 0.25) is 0 Å². The lowest BCUT2D eigenvalue weighted by Crippen LogP contribution is -2.29. The number of aromatic nitrogens is 3. The Morgan fingerprint density at radius 1 is 1.15 bits per heavy atom. The van der Waals surface area contributed by atoms with E-state index in [0.29, 0.717) is 11.3 Å². The van der Waals surface area contributed by atoms with Crippen LogP contribution >= 0.6 is 0 Å². The van der Waals surface area contributed by atoms with Crippen LogP contribution in [0.25, 0.3) is 11.6 Å². The van der Waals surface area contributed by atoms with Gasteiger partial charge in [0.25, 0.3) is 5.89 Å². The Balaban J connectivity index is 1.32. The topological polar surface area (TPSA) is 93.3 Å². The highest BCUT2D eigenvalue weighted by atomic mass is 19.4. The first kappa shape index (κ1) is 25.2. The third-order valence-electron chi connectivity index (χ3n) is 7.45. The normalized spacial score (nSPS) is 22.6. The maximum absolute atomic E-state index is 13.4. The molecule has 1 N–H and O–H groups in total. The van der Waals surface area contributed by atoms with Crippen LogP contribution in [0.2, 0.25) is 0 Å². The lowest BCUT2D eigenvalue weighted by atomic mass is 9.93. The molecule has 0 saturated heterocycles. The molecule has 0 spiro atoms. The van der Waals surface area contributed by atoms with Gasteiger partial charge < -0.3 is 9.73 Å². The number of anilines is 1. The number of alkyl halides is 3. The molecular formula is C29H26F3N5O2. The van der Waals surface area contributed by atoms with Crippen molar-refractivity contribution in [3.05, 3.63) is 82.6 Å². The Hall–Kier alpha value is -4.08. The van der Waals surface area contributed by atoms with Gasteiger partial charge in [-0.15, -0.1) is 5.10 Å². The molecular weight excluding hydrogens is 507 g/mol. The van der Waals surface area contributed by atoms with Gasteiger partial charge >= 0.3 is 12.2 Å². The van der Waals surface area contributed by atoms with Crippen LogP contribution in [0.1, 0.15) is 60.8 Å². The fourth-order valence-corrected chi connectivity index (χ4v) is 5.26. The molecule has 200 valence electrons. The van der Waals surface area contributed by atoms with Gasteiger partial charge in [-0.2, -0.15) is 13.2 Å². The molecule has 3 aliphatic rings. The molecule has 3 aromatic rings. The molecule has 3 heterocycles. The molecule has 0 radical (unpaired) electrons. The highest BCUT2D eigenvalue weighted by Crippen LogP contribution is 2.52. The van der Waals surface area contributed by atoms with Gasteiger partial charge in [0.05, 0.1) is 11.3 Å². The first-order valence-corrected chi connectivity index (χ1v) is 13.0. The number of carbonyl (C=O) groups is 1. The van der Waals surface area contributed by atoms with E-state index in [2.05, 4.69) is 32.7 Å². The fourth-order valence-electron chi connectivity index (χ4n) is 5.26. The molecule has 10 heteroatoms. The van der Waals surface area contributed by atoms with E-state index in [4.69, 9.17) is 9.41 Å². The predicted octanol–water partition coefficient (Wildman–Crippen LogP) is 6.29. The molecule has 0 bridgehead atoms. The molecule has 2 aromatic heterocycles. The summed E-state index contributed by atoms with van der Waals surface area (Å²) in [6, 6.07) is 8.76. The molecule has 39 heavy (non-hydrogen) atoms. The quantitative estimate of drug-likeness (QED) is 0.400. The number of rotatable bonds is 6. The predicted molar refractivity (Wildman–Crippen MR) is 139 cm³/mol. The molecule has 3 atom stereocenters. The summed E-state index contributed by atoms with van der Waals surface area (Å²) in [5, 5.41) is 11.0. The van der Waals surface area contributed by atoms with E-state index in [9.17, 15) is 18.0 Å². The first-order valence-electron chi connectivity index (χ1n) is 13.0. The Morgan fingerprint density at radius 3 is 2.74 bits per heavy atom. The van der Waals surface area contributed by atoms with Crippen molar-refractivity contribution in [1.29, 1.82) is 0 Å². The summed E-state index contributed by atoms with van der Waals surface area (Å²) >= 11 is 0. The number of halogens is 3. The van der Waals surface area contributed by atoms with Gasteiger partial charge in [0.15, 0.2) is 11.9 Å². The number of allylic oxidation sites excluding steroid dienone is 4. The smallest absolute Gasteiger partial charge is 0.402 e. The van der Waals surface area contributed by atoms with E-state index in [0.717, 1.165) is 54.6 Å². The third-order valence-corrected chi connectivity index (χ3v) is 7.45. The SMILES string of the molecule is CC[C@@H]1C[C@H]1c1cc(C(F)(F)F)cnc1-c1nnc(N[C@@H]2N=C(C3=CCCC=C3)c3ccccc3CC2=O)o1. The van der Waals surface area contributed by atoms with E-state index in [-0.39, 0.29) is 41.6 Å². The number of ketones is 1. The van der Waals surface area contributed by atoms with Crippen molar-refractivity contribution in [1.82, 2.24) is 15.2 Å². The highest BCUT2D eigenvalue weighted by Gasteiger charge is 2.41. The third kappa shape index (κ3) is 5.03. The lowest BCUT2D eigenvalue weighted by molar-refractivity contribution is -0.137. The number of nitrogens with one attached hydrogen (secondary N) is 1. The number of hydrogen-bond acceptors (Lipinski definition) is 7. The summed E-state index contributed by atoms with van der Waals surface area (Å²) in [4.78, 5) is 22.1. The minimum atomic E-state index is -4.51. The summed E-state index contributed by atoms with van der Waals surface area (Å²) in [5.74, 6) is 0.0638. The van der Waals surface area contributed by atoms with Crippen LogP contribution in [-0.4, -0.2) is 32.8 Å². The van der Waals surface area contributed by atoms with Crippen LogP contribution in [0.4, 0.5) is 19.2 Å². The largest absolute Gasteiger partial charge is 0.417 e. The van der Waals surface area contributed by atoms with Crippen molar-refractivity contribution >= 4 is 17.5 Å². The van der Waals surface area contributed by atoms with Gasteiger partial charge in [-0.3, -0.25) is 14.8 Å². The number of carbonyl (C=O) groups excluding carboxylic acids is 1. The maximum atomic E-state index is 13.4. The Kier molecular flexibility index (Phi) is 6.40. The molecule has 6 rings (SSSR count). The number of benzene rings is 1. The monoisotopic (exact) mass is 533 g/mol. The highest BCUT2D eigenvalue weighted by molar-refractivity contribution is 6.17. The van der Waals surface area contributed by atoms with Crippen LogP contribution in [-0.2, 0) is 17.4 Å². The standard InChI is InChI=1S/C29H26F3N5O2/c1-2-16-12-21(16)22-14-19(29(30,31)32)15-33-25(22)27-36-37-28(39-27)35-26-23(38)13-18-10-6-7-11-20(18)24(34-26)17-8-4-3-5-9-17/h4,6-11,14-16,21,26H,2-3,5,12-13H2,1H3,(H,35,37)/t16-,21-,26+/m1/s1. The van der Waals surface area contributed by atoms with Crippen molar-refractivity contribution < 1.29 is 22.4 Å². The number of aliphatic imine (C=N–C) groups is 1. The van der Waals surface area contributed by atoms with Gasteiger partial charge in [-0.1, -0.05) is 60.9 Å². The van der Waals surface area contributed by atoms with Crippen molar-refractivity contribution in [3.63, 3.8) is 0 Å². The van der Waals surface area contributed by atoms with Crippen LogP contribution in [0.3, 0.4) is 0 Å². The zero-order chi connectivity index (χ0) is 27.1. The van der Waals surface area contributed by atoms with E-state index in [1.807, 2.05) is 37.3 Å². The molecule has 2 aliphatic carbocycles. The molecule has 7 nitrogen and oxygen atoms in total. The lowest BCUT2D eigenvalue weighted by Gasteiger charge is -2.14. The van der Waals surface area contributed by atoms with Gasteiger partial charge in [-0.05, 0) is 53.9 Å². The summed E-state index contributed by atoms with van der Waals surface area (Å²) in [6.45, 7) is 2.01. The molecule has 0 unspecified atom stereocenters. The van der Waals surface area contributed by atoms with Gasteiger partial charge in [0.1, 0.15) is 5.69 Å². The van der Waals surface area contributed by atoms with E-state index >= 15 is 0 Å². The summed E-state index contributed by atoms with van der Waals surface area (Å²) in [6.07, 6.45) is 5.13. The Bertz CT molecular complexity index is 1520. The number of nitrogens with zero attached hydrogens (tertiary/aromatic N) is 4. The summed E-state index contributed by atoms with van der Waals surface area (Å²) in [5.41, 5.74) is 3.29. The fraction of sp³-hybridized carbons (Fsp3) is 0.345. The second-order valence-corrected chi connectivity index (χ2v) is 10.0. The van der Waals surface area contributed by atoms with Gasteiger partial charge in [-0.25, -0.2) is 0 Å². The first-order chi connectivity index (χ1) is 18.8. The van der Waals surface area contributed by atoms with E-state index < -0.39 is 17.9 Å². The molecule has 1 aliphatic heterocycles.